The van der Waals surface area contributed by atoms with E-state index in [-0.39, 0.29) is 0 Å². The third-order valence-corrected chi connectivity index (χ3v) is 3.76. The van der Waals surface area contributed by atoms with Gasteiger partial charge in [-0.25, -0.2) is 4.98 Å². The molecule has 2 aromatic rings. The summed E-state index contributed by atoms with van der Waals surface area (Å²) in [6.45, 7) is 2.45. The first-order valence-corrected chi connectivity index (χ1v) is 6.56. The number of rotatable bonds is 3. The minimum Gasteiger partial charge on any atom is -0.487 e. The van der Waals surface area contributed by atoms with Crippen molar-refractivity contribution in [1.82, 2.24) is 4.98 Å². The number of ether oxygens (including phenoxy) is 1. The van der Waals surface area contributed by atoms with Crippen LogP contribution in [0.15, 0.2) is 22.1 Å². The van der Waals surface area contributed by atoms with Crippen molar-refractivity contribution < 1.29 is 4.74 Å². The molecule has 2 nitrogen and oxygen atoms in total. The third-order valence-electron chi connectivity index (χ3n) is 1.96. The lowest BCUT2D eigenvalue weighted by molar-refractivity contribution is 0.308. The van der Waals surface area contributed by atoms with Crippen LogP contribution in [-0.2, 0) is 6.61 Å². The molecule has 0 spiro atoms. The summed E-state index contributed by atoms with van der Waals surface area (Å²) in [6.07, 6.45) is 0. The molecule has 1 radical (unpaired) electrons. The van der Waals surface area contributed by atoms with Crippen molar-refractivity contribution >= 4 is 38.9 Å². The molecular weight excluding hydrogens is 310 g/mol. The Balaban J connectivity index is 2.05. The van der Waals surface area contributed by atoms with Crippen molar-refractivity contribution in [3.63, 3.8) is 0 Å². The SMILES string of the molecule is Cc1nc(Br)sc1COc1[c]c(Cl)ccc1. The molecular formula is C11H8BrClNOS. The summed E-state index contributed by atoms with van der Waals surface area (Å²) in [4.78, 5) is 5.36. The third kappa shape index (κ3) is 2.97. The van der Waals surface area contributed by atoms with Crippen LogP contribution in [0.1, 0.15) is 10.6 Å². The van der Waals surface area contributed by atoms with Crippen molar-refractivity contribution in [2.24, 2.45) is 0 Å². The van der Waals surface area contributed by atoms with Crippen LogP contribution >= 0.6 is 38.9 Å². The van der Waals surface area contributed by atoms with E-state index < -0.39 is 0 Å². The van der Waals surface area contributed by atoms with Gasteiger partial charge in [-0.2, -0.15) is 0 Å². The Bertz CT molecular complexity index is 500. The fraction of sp³-hybridized carbons (Fsp3) is 0.182. The van der Waals surface area contributed by atoms with Gasteiger partial charge in [-0.3, -0.25) is 0 Å². The van der Waals surface area contributed by atoms with Crippen molar-refractivity contribution in [3.8, 4) is 5.75 Å². The van der Waals surface area contributed by atoms with E-state index in [1.807, 2.05) is 19.1 Å². The zero-order valence-electron chi connectivity index (χ0n) is 8.46. The van der Waals surface area contributed by atoms with Crippen LogP contribution in [0.4, 0.5) is 0 Å². The summed E-state index contributed by atoms with van der Waals surface area (Å²) in [5, 5.41) is 0.555. The number of aryl methyl sites for hydroxylation is 1. The summed E-state index contributed by atoms with van der Waals surface area (Å²) in [5.74, 6) is 0.649. The Labute approximate surface area is 111 Å². The fourth-order valence-corrected chi connectivity index (χ4v) is 2.89. The summed E-state index contributed by atoms with van der Waals surface area (Å²) in [7, 11) is 0. The molecule has 1 heterocycles. The number of thiazole rings is 1. The molecule has 1 aromatic carbocycles. The van der Waals surface area contributed by atoms with Gasteiger partial charge in [0.2, 0.25) is 0 Å². The lowest BCUT2D eigenvalue weighted by Crippen LogP contribution is -1.94. The van der Waals surface area contributed by atoms with Crippen molar-refractivity contribution in [3.05, 3.63) is 43.8 Å². The lowest BCUT2D eigenvalue weighted by atomic mass is 10.3. The van der Waals surface area contributed by atoms with Gasteiger partial charge >= 0.3 is 0 Å². The fourth-order valence-electron chi connectivity index (χ4n) is 1.17. The molecule has 0 aliphatic carbocycles. The number of benzene rings is 1. The van der Waals surface area contributed by atoms with Crippen LogP contribution < -0.4 is 4.74 Å². The highest BCUT2D eigenvalue weighted by atomic mass is 79.9. The highest BCUT2D eigenvalue weighted by Crippen LogP contribution is 2.24. The summed E-state index contributed by atoms with van der Waals surface area (Å²) in [5.41, 5.74) is 0.985. The molecule has 2 rings (SSSR count). The Kier molecular flexibility index (Phi) is 3.84. The van der Waals surface area contributed by atoms with Gasteiger partial charge in [-0.05, 0) is 35.0 Å². The highest BCUT2D eigenvalue weighted by Gasteiger charge is 2.06. The first kappa shape index (κ1) is 11.9. The van der Waals surface area contributed by atoms with E-state index >= 15 is 0 Å². The van der Waals surface area contributed by atoms with Gasteiger partial charge in [0.25, 0.3) is 0 Å². The number of nitrogens with zero attached hydrogens (tertiary/aromatic N) is 1. The van der Waals surface area contributed by atoms with E-state index in [4.69, 9.17) is 16.3 Å². The molecule has 83 valence electrons. The Morgan fingerprint density at radius 1 is 1.56 bits per heavy atom. The summed E-state index contributed by atoms with van der Waals surface area (Å²) < 4.78 is 6.45. The molecule has 0 aliphatic rings. The molecule has 0 unspecified atom stereocenters. The molecule has 0 N–H and O–H groups in total. The molecule has 0 bridgehead atoms. The largest absolute Gasteiger partial charge is 0.487 e. The lowest BCUT2D eigenvalue weighted by Gasteiger charge is -2.04. The van der Waals surface area contributed by atoms with E-state index in [9.17, 15) is 0 Å². The molecule has 16 heavy (non-hydrogen) atoms. The van der Waals surface area contributed by atoms with Crippen molar-refractivity contribution in [1.29, 1.82) is 0 Å². The molecule has 0 saturated carbocycles. The second kappa shape index (κ2) is 5.17. The van der Waals surface area contributed by atoms with Gasteiger partial charge in [0.1, 0.15) is 12.4 Å². The number of hydrogen-bond acceptors (Lipinski definition) is 3. The second-order valence-electron chi connectivity index (χ2n) is 3.13. The molecule has 5 heteroatoms. The summed E-state index contributed by atoms with van der Waals surface area (Å²) in [6, 6.07) is 8.35. The monoisotopic (exact) mass is 316 g/mol. The zero-order chi connectivity index (χ0) is 11.5. The normalized spacial score (nSPS) is 10.4. The molecule has 0 amide bonds. The van der Waals surface area contributed by atoms with E-state index in [0.717, 1.165) is 14.5 Å². The second-order valence-corrected chi connectivity index (χ2v) is 5.89. The van der Waals surface area contributed by atoms with Gasteiger partial charge in [-0.1, -0.05) is 17.7 Å². The number of hydrogen-bond donors (Lipinski definition) is 0. The maximum absolute atomic E-state index is 5.81. The predicted octanol–water partition coefficient (Wildman–Crippen LogP) is 4.25. The maximum Gasteiger partial charge on any atom is 0.159 e. The van der Waals surface area contributed by atoms with E-state index in [1.54, 1.807) is 17.4 Å². The van der Waals surface area contributed by atoms with Gasteiger partial charge in [0.15, 0.2) is 3.92 Å². The van der Waals surface area contributed by atoms with Crippen LogP contribution in [0.3, 0.4) is 0 Å². The molecule has 0 atom stereocenters. The van der Waals surface area contributed by atoms with E-state index in [0.29, 0.717) is 17.4 Å². The topological polar surface area (TPSA) is 22.1 Å². The van der Waals surface area contributed by atoms with Crippen molar-refractivity contribution in [2.75, 3.05) is 0 Å². The first-order chi connectivity index (χ1) is 7.65. The van der Waals surface area contributed by atoms with Crippen molar-refractivity contribution in [2.45, 2.75) is 13.5 Å². The standard InChI is InChI=1S/C11H8BrClNOS/c1-7-10(16-11(12)14-7)6-15-9-4-2-3-8(13)5-9/h2-4H,6H2,1H3. The first-order valence-electron chi connectivity index (χ1n) is 4.57. The predicted molar refractivity (Wildman–Crippen MR) is 69.2 cm³/mol. The average molecular weight is 318 g/mol. The van der Waals surface area contributed by atoms with Gasteiger partial charge in [0.05, 0.1) is 15.6 Å². The van der Waals surface area contributed by atoms with Crippen LogP contribution in [-0.4, -0.2) is 4.98 Å². The Morgan fingerprint density at radius 3 is 3.00 bits per heavy atom. The molecule has 0 aliphatic heterocycles. The van der Waals surface area contributed by atoms with Crippen LogP contribution in [0, 0.1) is 13.0 Å². The Morgan fingerprint density at radius 2 is 2.38 bits per heavy atom. The minimum atomic E-state index is 0.492. The zero-order valence-corrected chi connectivity index (χ0v) is 11.6. The molecule has 1 aromatic heterocycles. The molecule has 0 fully saturated rings. The molecule has 0 saturated heterocycles. The Hall–Kier alpha value is -0.580. The van der Waals surface area contributed by atoms with Gasteiger partial charge in [-0.15, -0.1) is 11.3 Å². The smallest absolute Gasteiger partial charge is 0.159 e. The van der Waals surface area contributed by atoms with Gasteiger partial charge < -0.3 is 4.74 Å². The van der Waals surface area contributed by atoms with E-state index in [2.05, 4.69) is 27.0 Å². The van der Waals surface area contributed by atoms with Crippen LogP contribution in [0.25, 0.3) is 0 Å². The number of halogens is 2. The number of aromatic nitrogens is 1. The minimum absolute atomic E-state index is 0.492. The maximum atomic E-state index is 5.81. The van der Waals surface area contributed by atoms with E-state index in [1.165, 1.54) is 0 Å². The van der Waals surface area contributed by atoms with Crippen LogP contribution in [0.2, 0.25) is 5.02 Å². The van der Waals surface area contributed by atoms with Crippen LogP contribution in [0.5, 0.6) is 5.75 Å². The van der Waals surface area contributed by atoms with Gasteiger partial charge in [0, 0.05) is 6.07 Å². The summed E-state index contributed by atoms with van der Waals surface area (Å²) >= 11 is 10.7. The quantitative estimate of drug-likeness (QED) is 0.844. The average Bonchev–Trinajstić information content (AvgIpc) is 2.54. The highest BCUT2D eigenvalue weighted by molar-refractivity contribution is 9.11.